The lowest BCUT2D eigenvalue weighted by atomic mass is 9.91. The van der Waals surface area contributed by atoms with Crippen molar-refractivity contribution in [3.05, 3.63) is 124 Å². The van der Waals surface area contributed by atoms with E-state index >= 15 is 0 Å². The fourth-order valence-electron chi connectivity index (χ4n) is 4.95. The van der Waals surface area contributed by atoms with Gasteiger partial charge >= 0.3 is 0 Å². The van der Waals surface area contributed by atoms with E-state index in [-0.39, 0.29) is 0 Å². The third-order valence-electron chi connectivity index (χ3n) is 6.37. The smallest absolute Gasteiger partial charge is 0.00264 e. The van der Waals surface area contributed by atoms with Crippen molar-refractivity contribution in [3.63, 3.8) is 0 Å². The van der Waals surface area contributed by atoms with Crippen molar-refractivity contribution in [1.82, 2.24) is 0 Å². The molecule has 0 heteroatoms. The van der Waals surface area contributed by atoms with Gasteiger partial charge in [-0.15, -0.1) is 0 Å². The van der Waals surface area contributed by atoms with Crippen LogP contribution >= 0.6 is 0 Å². The number of allylic oxidation sites excluding steroid dienone is 4. The van der Waals surface area contributed by atoms with Crippen molar-refractivity contribution in [3.8, 4) is 0 Å². The van der Waals surface area contributed by atoms with Gasteiger partial charge in [0.2, 0.25) is 0 Å². The first kappa shape index (κ1) is 18.9. The Morgan fingerprint density at radius 3 is 1.73 bits per heavy atom. The maximum absolute atomic E-state index is 2.37. The summed E-state index contributed by atoms with van der Waals surface area (Å²) in [5, 5.41) is 0. The van der Waals surface area contributed by atoms with Gasteiger partial charge in [0.05, 0.1) is 0 Å². The Morgan fingerprint density at radius 2 is 1.07 bits per heavy atom. The maximum Gasteiger partial charge on any atom is -0.00264 e. The fraction of sp³-hybridized carbons (Fsp3) is 0.200. The third-order valence-corrected chi connectivity index (χ3v) is 6.37. The van der Waals surface area contributed by atoms with Gasteiger partial charge < -0.3 is 0 Å². The average Bonchev–Trinajstić information content (AvgIpc) is 2.93. The van der Waals surface area contributed by atoms with E-state index in [0.717, 1.165) is 0 Å². The summed E-state index contributed by atoms with van der Waals surface area (Å²) < 4.78 is 0. The monoisotopic (exact) mass is 388 g/mol. The summed E-state index contributed by atoms with van der Waals surface area (Å²) in [4.78, 5) is 0. The van der Waals surface area contributed by atoms with Crippen LogP contribution in [0.1, 0.15) is 60.8 Å². The first-order chi connectivity index (χ1) is 14.9. The zero-order valence-electron chi connectivity index (χ0n) is 17.5. The van der Waals surface area contributed by atoms with Crippen molar-refractivity contribution in [2.75, 3.05) is 0 Å². The van der Waals surface area contributed by atoms with E-state index in [0.29, 0.717) is 0 Å². The molecule has 5 rings (SSSR count). The number of hydrogen-bond acceptors (Lipinski definition) is 0. The van der Waals surface area contributed by atoms with Crippen LogP contribution in [0.2, 0.25) is 0 Å². The molecule has 0 amide bonds. The Hall–Kier alpha value is -3.12. The second-order valence-corrected chi connectivity index (χ2v) is 8.34. The average molecular weight is 389 g/mol. The first-order valence-electron chi connectivity index (χ1n) is 11.3. The highest BCUT2D eigenvalue weighted by Gasteiger charge is 2.28. The van der Waals surface area contributed by atoms with E-state index < -0.39 is 0 Å². The molecule has 0 N–H and O–H groups in total. The zero-order valence-corrected chi connectivity index (χ0v) is 17.5. The van der Waals surface area contributed by atoms with E-state index in [1.165, 1.54) is 77.5 Å². The minimum absolute atomic E-state index is 1.23. The second-order valence-electron chi connectivity index (χ2n) is 8.34. The lowest BCUT2D eigenvalue weighted by molar-refractivity contribution is 0.702. The number of rotatable bonds is 3. The highest BCUT2D eigenvalue weighted by Crippen LogP contribution is 2.48. The van der Waals surface area contributed by atoms with E-state index in [1.807, 2.05) is 0 Å². The standard InChI is InChI=1S/C30H28/c1-2-8-16-24(15-7-1)29-26-19-11-12-20-27(26)30(25-17-9-4-10-18-25)28(29)22-21-23-13-5-3-6-14-23/h3-6,9-14,17-22H,1-2,7-8,15-16H2/b22-21+. The lowest BCUT2D eigenvalue weighted by Gasteiger charge is -2.13. The molecule has 0 nitrogen and oxygen atoms in total. The number of hydrogen-bond donors (Lipinski definition) is 0. The van der Waals surface area contributed by atoms with Crippen LogP contribution in [0.4, 0.5) is 0 Å². The van der Waals surface area contributed by atoms with Crippen molar-refractivity contribution in [1.29, 1.82) is 0 Å². The molecule has 30 heavy (non-hydrogen) atoms. The summed E-state index contributed by atoms with van der Waals surface area (Å²) in [7, 11) is 0. The predicted octanol–water partition coefficient (Wildman–Crippen LogP) is 8.32. The van der Waals surface area contributed by atoms with Crippen LogP contribution in [-0.2, 0) is 0 Å². The van der Waals surface area contributed by atoms with Gasteiger partial charge in [0.15, 0.2) is 0 Å². The Balaban J connectivity index is 1.74. The van der Waals surface area contributed by atoms with Gasteiger partial charge in [-0.3, -0.25) is 0 Å². The molecule has 148 valence electrons. The molecule has 3 aromatic carbocycles. The Kier molecular flexibility index (Phi) is 5.48. The molecule has 0 aliphatic heterocycles. The van der Waals surface area contributed by atoms with E-state index in [4.69, 9.17) is 0 Å². The Bertz CT molecular complexity index is 1100. The summed E-state index contributed by atoms with van der Waals surface area (Å²) in [5.74, 6) is 0. The molecular formula is C30H28. The van der Waals surface area contributed by atoms with Crippen LogP contribution in [0.15, 0.2) is 102 Å². The Labute approximate surface area is 180 Å². The minimum Gasteiger partial charge on any atom is -0.0622 e. The highest BCUT2D eigenvalue weighted by atomic mass is 14.3. The van der Waals surface area contributed by atoms with E-state index in [2.05, 4.69) is 97.1 Å². The van der Waals surface area contributed by atoms with Crippen LogP contribution < -0.4 is 0 Å². The minimum atomic E-state index is 1.23. The van der Waals surface area contributed by atoms with Crippen LogP contribution in [0.5, 0.6) is 0 Å². The van der Waals surface area contributed by atoms with Crippen molar-refractivity contribution in [2.45, 2.75) is 38.5 Å². The van der Waals surface area contributed by atoms with Crippen molar-refractivity contribution in [2.24, 2.45) is 0 Å². The normalized spacial score (nSPS) is 16.8. The molecule has 0 saturated heterocycles. The molecule has 2 aliphatic rings. The molecule has 0 atom stereocenters. The highest BCUT2D eigenvalue weighted by molar-refractivity contribution is 6.08. The molecule has 0 spiro atoms. The van der Waals surface area contributed by atoms with Gasteiger partial charge in [0.1, 0.15) is 0 Å². The van der Waals surface area contributed by atoms with E-state index in [1.54, 1.807) is 5.57 Å². The molecule has 0 unspecified atom stereocenters. The Morgan fingerprint density at radius 1 is 0.500 bits per heavy atom. The topological polar surface area (TPSA) is 0 Å². The molecule has 0 heterocycles. The SMILES string of the molecule is C(=C\c1ccccc1)/C1=C(c2ccccc2)c2ccccc2C1=C1CCCCCC1. The summed E-state index contributed by atoms with van der Waals surface area (Å²) in [5.41, 5.74) is 11.3. The molecule has 1 fully saturated rings. The number of benzene rings is 3. The largest absolute Gasteiger partial charge is 0.0622 e. The second kappa shape index (κ2) is 8.71. The van der Waals surface area contributed by atoms with Gasteiger partial charge in [-0.2, -0.15) is 0 Å². The van der Waals surface area contributed by atoms with Gasteiger partial charge in [-0.25, -0.2) is 0 Å². The molecular weight excluding hydrogens is 360 g/mol. The maximum atomic E-state index is 2.37. The lowest BCUT2D eigenvalue weighted by Crippen LogP contribution is -1.92. The molecule has 1 saturated carbocycles. The summed E-state index contributed by atoms with van der Waals surface area (Å²) in [6, 6.07) is 30.6. The van der Waals surface area contributed by atoms with Crippen molar-refractivity contribution < 1.29 is 0 Å². The fourth-order valence-corrected chi connectivity index (χ4v) is 4.95. The summed E-state index contributed by atoms with van der Waals surface area (Å²) in [6.07, 6.45) is 12.5. The third kappa shape index (κ3) is 3.71. The van der Waals surface area contributed by atoms with Crippen LogP contribution in [-0.4, -0.2) is 0 Å². The molecule has 3 aromatic rings. The molecule has 2 aliphatic carbocycles. The van der Waals surface area contributed by atoms with Crippen LogP contribution in [0.3, 0.4) is 0 Å². The van der Waals surface area contributed by atoms with E-state index in [9.17, 15) is 0 Å². The quantitative estimate of drug-likeness (QED) is 0.396. The molecule has 0 bridgehead atoms. The van der Waals surface area contributed by atoms with Crippen molar-refractivity contribution >= 4 is 17.2 Å². The zero-order chi connectivity index (χ0) is 20.2. The first-order valence-corrected chi connectivity index (χ1v) is 11.3. The van der Waals surface area contributed by atoms with Crippen LogP contribution in [0.25, 0.3) is 17.2 Å². The van der Waals surface area contributed by atoms with Gasteiger partial charge in [0, 0.05) is 0 Å². The van der Waals surface area contributed by atoms with Gasteiger partial charge in [0.25, 0.3) is 0 Å². The van der Waals surface area contributed by atoms with Gasteiger partial charge in [-0.05, 0) is 64.7 Å². The number of fused-ring (bicyclic) bond motifs is 1. The van der Waals surface area contributed by atoms with Gasteiger partial charge in [-0.1, -0.05) is 115 Å². The summed E-state index contributed by atoms with van der Waals surface area (Å²) in [6.45, 7) is 0. The van der Waals surface area contributed by atoms with Crippen LogP contribution in [0, 0.1) is 0 Å². The summed E-state index contributed by atoms with van der Waals surface area (Å²) >= 11 is 0. The predicted molar refractivity (Wildman–Crippen MR) is 129 cm³/mol. The molecule has 0 radical (unpaired) electrons. The molecule has 0 aromatic heterocycles.